The van der Waals surface area contributed by atoms with E-state index < -0.39 is 6.04 Å². The van der Waals surface area contributed by atoms with Gasteiger partial charge in [0.15, 0.2) is 11.0 Å². The Bertz CT molecular complexity index is 1300. The van der Waals surface area contributed by atoms with Gasteiger partial charge in [-0.1, -0.05) is 70.8 Å². The van der Waals surface area contributed by atoms with Crippen molar-refractivity contribution in [3.63, 3.8) is 0 Å². The van der Waals surface area contributed by atoms with E-state index in [4.69, 9.17) is 23.2 Å². The molecule has 0 aliphatic heterocycles. The average Bonchev–Trinajstić information content (AvgIpc) is 3.21. The van der Waals surface area contributed by atoms with E-state index in [9.17, 15) is 9.59 Å². The van der Waals surface area contributed by atoms with Crippen molar-refractivity contribution in [1.82, 2.24) is 20.1 Å². The molecule has 0 aliphatic carbocycles. The lowest BCUT2D eigenvalue weighted by Gasteiger charge is -2.21. The Labute approximate surface area is 239 Å². The Morgan fingerprint density at radius 2 is 1.95 bits per heavy atom. The van der Waals surface area contributed by atoms with E-state index in [-0.39, 0.29) is 28.5 Å². The molecule has 3 aromatic rings. The molecule has 2 N–H and O–H groups in total. The van der Waals surface area contributed by atoms with Crippen LogP contribution in [0.5, 0.6) is 0 Å². The topological polar surface area (TPSA) is 88.9 Å². The third kappa shape index (κ3) is 8.07. The Kier molecular flexibility index (Phi) is 10.6. The summed E-state index contributed by atoms with van der Waals surface area (Å²) in [5, 5.41) is 16.0. The maximum Gasteiger partial charge on any atom is 0.253 e. The molecule has 1 atom stereocenters. The highest BCUT2D eigenvalue weighted by molar-refractivity contribution is 9.10. The summed E-state index contributed by atoms with van der Waals surface area (Å²) in [6.45, 7) is 10.3. The molecule has 196 valence electrons. The van der Waals surface area contributed by atoms with Gasteiger partial charge in [-0.05, 0) is 61.2 Å². The highest BCUT2D eigenvalue weighted by atomic mass is 79.9. The first-order valence-electron chi connectivity index (χ1n) is 11.6. The first-order chi connectivity index (χ1) is 17.6. The largest absolute Gasteiger partial charge is 0.342 e. The van der Waals surface area contributed by atoms with Crippen LogP contribution in [0, 0.1) is 12.8 Å². The third-order valence-corrected chi connectivity index (χ3v) is 7.36. The van der Waals surface area contributed by atoms with Gasteiger partial charge in [-0.3, -0.25) is 9.59 Å². The fourth-order valence-electron chi connectivity index (χ4n) is 3.66. The molecule has 1 heterocycles. The van der Waals surface area contributed by atoms with Gasteiger partial charge < -0.3 is 15.2 Å². The summed E-state index contributed by atoms with van der Waals surface area (Å²) in [5.74, 6) is 0.495. The number of aromatic nitrogens is 3. The molecule has 0 spiro atoms. The lowest BCUT2D eigenvalue weighted by atomic mass is 10.0. The summed E-state index contributed by atoms with van der Waals surface area (Å²) in [7, 11) is 0. The Balaban J connectivity index is 1.79. The number of anilines is 1. The number of hydrogen-bond donors (Lipinski definition) is 2. The van der Waals surface area contributed by atoms with Crippen molar-refractivity contribution in [1.29, 1.82) is 0 Å². The van der Waals surface area contributed by atoms with Crippen molar-refractivity contribution in [2.45, 2.75) is 44.9 Å². The molecule has 0 radical (unpaired) electrons. The lowest BCUT2D eigenvalue weighted by Crippen LogP contribution is -2.32. The molecule has 2 amide bonds. The zero-order valence-electron chi connectivity index (χ0n) is 20.7. The highest BCUT2D eigenvalue weighted by Crippen LogP contribution is 2.27. The minimum Gasteiger partial charge on any atom is -0.342 e. The molecular weight excluding hydrogens is 597 g/mol. The minimum absolute atomic E-state index is 0.145. The van der Waals surface area contributed by atoms with Gasteiger partial charge in [0.05, 0.1) is 22.4 Å². The number of hydrogen-bond acceptors (Lipinski definition) is 5. The van der Waals surface area contributed by atoms with Gasteiger partial charge in [0.2, 0.25) is 5.91 Å². The van der Waals surface area contributed by atoms with Gasteiger partial charge in [0.1, 0.15) is 0 Å². The van der Waals surface area contributed by atoms with Crippen molar-refractivity contribution < 1.29 is 9.59 Å². The smallest absolute Gasteiger partial charge is 0.253 e. The summed E-state index contributed by atoms with van der Waals surface area (Å²) in [5.41, 5.74) is 2.03. The zero-order chi connectivity index (χ0) is 27.1. The van der Waals surface area contributed by atoms with Gasteiger partial charge >= 0.3 is 0 Å². The second-order valence-corrected chi connectivity index (χ2v) is 11.5. The van der Waals surface area contributed by atoms with Crippen LogP contribution in [0.3, 0.4) is 0 Å². The number of halogens is 3. The fraction of sp³-hybridized carbons (Fsp3) is 0.308. The summed E-state index contributed by atoms with van der Waals surface area (Å²) >= 11 is 16.9. The molecule has 2 aromatic carbocycles. The molecule has 0 unspecified atom stereocenters. The molecule has 11 heteroatoms. The third-order valence-electron chi connectivity index (χ3n) is 5.35. The van der Waals surface area contributed by atoms with Crippen LogP contribution in [0.2, 0.25) is 10.0 Å². The van der Waals surface area contributed by atoms with Gasteiger partial charge in [0, 0.05) is 21.7 Å². The van der Waals surface area contributed by atoms with Crippen LogP contribution in [-0.2, 0) is 11.3 Å². The van der Waals surface area contributed by atoms with Gasteiger partial charge in [-0.2, -0.15) is 0 Å². The van der Waals surface area contributed by atoms with Crippen molar-refractivity contribution >= 4 is 68.4 Å². The molecule has 0 fully saturated rings. The SMILES string of the molecule is C=CCn1c(SCC(=O)Nc2ccc(Br)cc2C)nnc1[C@H](CC(C)C)NC(=O)c1ccc(Cl)cc1Cl. The maximum atomic E-state index is 13.1. The number of carbonyl (C=O) groups is 2. The van der Waals surface area contributed by atoms with E-state index in [1.807, 2.05) is 29.7 Å². The van der Waals surface area contributed by atoms with Crippen LogP contribution in [0.25, 0.3) is 0 Å². The first kappa shape index (κ1) is 29.2. The highest BCUT2D eigenvalue weighted by Gasteiger charge is 2.25. The second kappa shape index (κ2) is 13.5. The normalized spacial score (nSPS) is 11.9. The number of amides is 2. The predicted octanol–water partition coefficient (Wildman–Crippen LogP) is 7.09. The van der Waals surface area contributed by atoms with Crippen LogP contribution in [0.15, 0.2) is 58.7 Å². The van der Waals surface area contributed by atoms with Gasteiger partial charge in [-0.25, -0.2) is 0 Å². The minimum atomic E-state index is -0.430. The molecule has 0 aliphatic rings. The molecular formula is C26H28BrCl2N5O2S. The van der Waals surface area contributed by atoms with Crippen molar-refractivity contribution in [2.24, 2.45) is 5.92 Å². The van der Waals surface area contributed by atoms with E-state index >= 15 is 0 Å². The number of allylic oxidation sites excluding steroid dienone is 1. The van der Waals surface area contributed by atoms with E-state index in [2.05, 4.69) is 57.2 Å². The molecule has 0 bridgehead atoms. The number of benzene rings is 2. The Morgan fingerprint density at radius 1 is 1.19 bits per heavy atom. The van der Waals surface area contributed by atoms with Crippen LogP contribution < -0.4 is 10.6 Å². The van der Waals surface area contributed by atoms with E-state index in [0.29, 0.717) is 34.5 Å². The molecule has 37 heavy (non-hydrogen) atoms. The van der Waals surface area contributed by atoms with Crippen LogP contribution in [0.1, 0.15) is 48.1 Å². The van der Waals surface area contributed by atoms with Gasteiger partial charge in [-0.15, -0.1) is 16.8 Å². The van der Waals surface area contributed by atoms with Crippen molar-refractivity contribution in [3.8, 4) is 0 Å². The monoisotopic (exact) mass is 623 g/mol. The first-order valence-corrected chi connectivity index (χ1v) is 14.1. The molecule has 0 saturated heterocycles. The van der Waals surface area contributed by atoms with E-state index in [1.165, 1.54) is 17.8 Å². The van der Waals surface area contributed by atoms with Crippen LogP contribution >= 0.6 is 50.9 Å². The summed E-state index contributed by atoms with van der Waals surface area (Å²) < 4.78 is 2.82. The maximum absolute atomic E-state index is 13.1. The van der Waals surface area contributed by atoms with Gasteiger partial charge in [0.25, 0.3) is 5.91 Å². The van der Waals surface area contributed by atoms with Crippen LogP contribution in [-0.4, -0.2) is 32.3 Å². The molecule has 3 rings (SSSR count). The number of aryl methyl sites for hydroxylation is 1. The Morgan fingerprint density at radius 3 is 2.59 bits per heavy atom. The number of nitrogens with one attached hydrogen (secondary N) is 2. The summed E-state index contributed by atoms with van der Waals surface area (Å²) in [6.07, 6.45) is 2.35. The number of thioether (sulfide) groups is 1. The summed E-state index contributed by atoms with van der Waals surface area (Å²) in [6, 6.07) is 9.99. The molecule has 7 nitrogen and oxygen atoms in total. The second-order valence-electron chi connectivity index (χ2n) is 8.82. The van der Waals surface area contributed by atoms with Crippen molar-refractivity contribution in [3.05, 3.63) is 80.5 Å². The summed E-state index contributed by atoms with van der Waals surface area (Å²) in [4.78, 5) is 25.7. The molecule has 0 saturated carbocycles. The number of nitrogens with zero attached hydrogens (tertiary/aromatic N) is 3. The van der Waals surface area contributed by atoms with E-state index in [0.717, 1.165) is 15.7 Å². The average molecular weight is 625 g/mol. The van der Waals surface area contributed by atoms with Crippen molar-refractivity contribution in [2.75, 3.05) is 11.1 Å². The standard InChI is InChI=1S/C26H28BrCl2N5O2S/c1-5-10-34-24(22(11-15(2)3)31-25(36)19-8-7-18(28)13-20(19)29)32-33-26(34)37-14-23(35)30-21-9-6-17(27)12-16(21)4/h5-9,12-13,15,22H,1,10-11,14H2,2-4H3,(H,30,35)(H,31,36)/t22-/m0/s1. The van der Waals surface area contributed by atoms with E-state index in [1.54, 1.807) is 18.2 Å². The van der Waals surface area contributed by atoms with Crippen LogP contribution in [0.4, 0.5) is 5.69 Å². The fourth-order valence-corrected chi connectivity index (χ4v) is 5.38. The lowest BCUT2D eigenvalue weighted by molar-refractivity contribution is -0.113. The zero-order valence-corrected chi connectivity index (χ0v) is 24.6. The molecule has 1 aromatic heterocycles. The number of rotatable bonds is 11. The Hall–Kier alpha value is -2.33. The predicted molar refractivity (Wildman–Crippen MR) is 155 cm³/mol. The number of carbonyl (C=O) groups excluding carboxylic acids is 2. The quantitative estimate of drug-likeness (QED) is 0.176.